The van der Waals surface area contributed by atoms with Crippen molar-refractivity contribution in [2.75, 3.05) is 24.8 Å². The van der Waals surface area contributed by atoms with E-state index in [0.29, 0.717) is 11.3 Å². The number of pyridine rings is 1. The molecule has 2 aromatic rings. The average Bonchev–Trinajstić information content (AvgIpc) is 2.45. The molecule has 0 amide bonds. The van der Waals surface area contributed by atoms with Gasteiger partial charge in [-0.25, -0.2) is 13.4 Å². The summed E-state index contributed by atoms with van der Waals surface area (Å²) in [7, 11) is -1.89. The predicted octanol–water partition coefficient (Wildman–Crippen LogP) is 2.19. The van der Waals surface area contributed by atoms with E-state index in [0.717, 1.165) is 11.1 Å². The third-order valence-electron chi connectivity index (χ3n) is 3.39. The van der Waals surface area contributed by atoms with Crippen molar-refractivity contribution < 1.29 is 8.42 Å². The maximum atomic E-state index is 12.6. The number of benzene rings is 1. The molecule has 1 heterocycles. The molecule has 7 heteroatoms. The van der Waals surface area contributed by atoms with Crippen molar-refractivity contribution in [3.05, 3.63) is 30.3 Å². The van der Waals surface area contributed by atoms with Crippen molar-refractivity contribution in [1.82, 2.24) is 9.29 Å². The van der Waals surface area contributed by atoms with Gasteiger partial charge in [-0.2, -0.15) is 16.1 Å². The van der Waals surface area contributed by atoms with E-state index in [2.05, 4.69) is 4.98 Å². The van der Waals surface area contributed by atoms with E-state index >= 15 is 0 Å². The number of nitrogens with zero attached hydrogens (tertiary/aromatic N) is 2. The van der Waals surface area contributed by atoms with Crippen LogP contribution >= 0.6 is 11.8 Å². The van der Waals surface area contributed by atoms with Gasteiger partial charge in [0.1, 0.15) is 5.82 Å². The fourth-order valence-corrected chi connectivity index (χ4v) is 4.23. The number of nitrogen functional groups attached to an aromatic ring is 1. The van der Waals surface area contributed by atoms with Gasteiger partial charge in [0.25, 0.3) is 0 Å². The van der Waals surface area contributed by atoms with Crippen molar-refractivity contribution in [2.45, 2.75) is 17.9 Å². The first-order valence-corrected chi connectivity index (χ1v) is 9.33. The molecule has 1 unspecified atom stereocenters. The topological polar surface area (TPSA) is 76.3 Å². The molecule has 0 saturated heterocycles. The van der Waals surface area contributed by atoms with Crippen LogP contribution in [0.25, 0.3) is 10.9 Å². The molecule has 0 radical (unpaired) electrons. The van der Waals surface area contributed by atoms with Crippen LogP contribution in [0.2, 0.25) is 0 Å². The fraction of sp³-hybridized carbons (Fsp3) is 0.357. The lowest BCUT2D eigenvalue weighted by Gasteiger charge is -2.23. The van der Waals surface area contributed by atoms with Gasteiger partial charge in [-0.15, -0.1) is 0 Å². The molecule has 114 valence electrons. The van der Waals surface area contributed by atoms with Crippen LogP contribution in [0.4, 0.5) is 5.82 Å². The lowest BCUT2D eigenvalue weighted by Crippen LogP contribution is -2.36. The number of rotatable bonds is 5. The maximum Gasteiger partial charge on any atom is 0.243 e. The minimum atomic E-state index is -3.50. The number of anilines is 1. The first-order chi connectivity index (χ1) is 9.86. The molecule has 1 atom stereocenters. The summed E-state index contributed by atoms with van der Waals surface area (Å²) in [6.07, 6.45) is 1.96. The van der Waals surface area contributed by atoms with Gasteiger partial charge in [0.05, 0.1) is 10.4 Å². The Kier molecular flexibility index (Phi) is 4.75. The summed E-state index contributed by atoms with van der Waals surface area (Å²) in [5, 5.41) is 0.760. The third kappa shape index (κ3) is 3.30. The molecule has 0 aliphatic rings. The molecule has 0 spiro atoms. The van der Waals surface area contributed by atoms with E-state index in [9.17, 15) is 8.42 Å². The molecule has 0 fully saturated rings. The highest BCUT2D eigenvalue weighted by atomic mass is 32.2. The van der Waals surface area contributed by atoms with Gasteiger partial charge in [-0.05, 0) is 43.5 Å². The summed E-state index contributed by atoms with van der Waals surface area (Å²) in [6.45, 7) is 1.90. The van der Waals surface area contributed by atoms with Gasteiger partial charge in [-0.3, -0.25) is 0 Å². The summed E-state index contributed by atoms with van der Waals surface area (Å²) in [5.41, 5.74) is 6.32. The van der Waals surface area contributed by atoms with Gasteiger partial charge in [0, 0.05) is 24.2 Å². The van der Waals surface area contributed by atoms with E-state index in [1.807, 2.05) is 13.2 Å². The van der Waals surface area contributed by atoms with Gasteiger partial charge in [-0.1, -0.05) is 0 Å². The van der Waals surface area contributed by atoms with Crippen molar-refractivity contribution in [3.8, 4) is 0 Å². The van der Waals surface area contributed by atoms with Crippen LogP contribution in [0.5, 0.6) is 0 Å². The normalized spacial score (nSPS) is 13.7. The van der Waals surface area contributed by atoms with Gasteiger partial charge in [0.2, 0.25) is 10.0 Å². The van der Waals surface area contributed by atoms with Gasteiger partial charge >= 0.3 is 0 Å². The molecule has 0 aliphatic carbocycles. The van der Waals surface area contributed by atoms with Gasteiger partial charge < -0.3 is 5.73 Å². The average molecular weight is 325 g/mol. The van der Waals surface area contributed by atoms with E-state index in [1.54, 1.807) is 49.1 Å². The number of nitrogens with two attached hydrogens (primary N) is 1. The minimum Gasteiger partial charge on any atom is -0.384 e. The zero-order chi connectivity index (χ0) is 15.6. The number of hydrogen-bond acceptors (Lipinski definition) is 5. The highest BCUT2D eigenvalue weighted by Crippen LogP contribution is 2.22. The molecule has 1 aromatic heterocycles. The second-order valence-electron chi connectivity index (χ2n) is 4.92. The maximum absolute atomic E-state index is 12.6. The van der Waals surface area contributed by atoms with E-state index in [4.69, 9.17) is 5.73 Å². The Bertz CT molecular complexity index is 747. The smallest absolute Gasteiger partial charge is 0.243 e. The Labute approximate surface area is 129 Å². The molecule has 2 N–H and O–H groups in total. The Balaban J connectivity index is 2.42. The van der Waals surface area contributed by atoms with E-state index in [-0.39, 0.29) is 10.9 Å². The first kappa shape index (κ1) is 16.1. The standard InChI is InChI=1S/C14H19N3O2S2/c1-10(9-20-3)17(2)21(18,19)12-5-6-13-11(8-12)4-7-14(15)16-13/h4-8,10H,9H2,1-3H3,(H2,15,16). The van der Waals surface area contributed by atoms with Crippen molar-refractivity contribution in [2.24, 2.45) is 0 Å². The van der Waals surface area contributed by atoms with Crippen molar-refractivity contribution in [1.29, 1.82) is 0 Å². The second-order valence-corrected chi connectivity index (χ2v) is 7.82. The quantitative estimate of drug-likeness (QED) is 0.912. The van der Waals surface area contributed by atoms with Crippen LogP contribution in [0.15, 0.2) is 35.2 Å². The molecule has 0 aliphatic heterocycles. The molecular formula is C14H19N3O2S2. The van der Waals surface area contributed by atoms with Crippen LogP contribution in [0.3, 0.4) is 0 Å². The Morgan fingerprint density at radius 3 is 2.71 bits per heavy atom. The van der Waals surface area contributed by atoms with E-state index < -0.39 is 10.0 Å². The SMILES string of the molecule is CSCC(C)N(C)S(=O)(=O)c1ccc2nc(N)ccc2c1. The van der Waals surface area contributed by atoms with Crippen LogP contribution < -0.4 is 5.73 Å². The number of thioether (sulfide) groups is 1. The summed E-state index contributed by atoms with van der Waals surface area (Å²) in [6, 6.07) is 8.28. The molecular weight excluding hydrogens is 306 g/mol. The largest absolute Gasteiger partial charge is 0.384 e. The van der Waals surface area contributed by atoms with E-state index in [1.165, 1.54) is 4.31 Å². The number of hydrogen-bond donors (Lipinski definition) is 1. The van der Waals surface area contributed by atoms with Crippen LogP contribution in [0.1, 0.15) is 6.92 Å². The zero-order valence-corrected chi connectivity index (χ0v) is 13.9. The molecule has 2 rings (SSSR count). The third-order valence-corrected chi connectivity index (χ3v) is 6.17. The number of sulfonamides is 1. The lowest BCUT2D eigenvalue weighted by molar-refractivity contribution is 0.415. The summed E-state index contributed by atoms with van der Waals surface area (Å²) in [5.74, 6) is 1.17. The molecule has 21 heavy (non-hydrogen) atoms. The zero-order valence-electron chi connectivity index (χ0n) is 12.3. The molecule has 0 bridgehead atoms. The fourth-order valence-electron chi connectivity index (χ4n) is 2.03. The summed E-state index contributed by atoms with van der Waals surface area (Å²) in [4.78, 5) is 4.45. The number of fused-ring (bicyclic) bond motifs is 1. The predicted molar refractivity (Wildman–Crippen MR) is 88.9 cm³/mol. The van der Waals surface area contributed by atoms with Crippen LogP contribution in [-0.4, -0.2) is 42.8 Å². The van der Waals surface area contributed by atoms with Crippen LogP contribution in [0, 0.1) is 0 Å². The van der Waals surface area contributed by atoms with Crippen molar-refractivity contribution >= 4 is 38.5 Å². The monoisotopic (exact) mass is 325 g/mol. The Hall–Kier alpha value is -1.31. The Morgan fingerprint density at radius 1 is 1.33 bits per heavy atom. The molecule has 1 aromatic carbocycles. The van der Waals surface area contributed by atoms with Gasteiger partial charge in [0.15, 0.2) is 0 Å². The molecule has 5 nitrogen and oxygen atoms in total. The Morgan fingerprint density at radius 2 is 2.05 bits per heavy atom. The highest BCUT2D eigenvalue weighted by molar-refractivity contribution is 7.98. The summed E-state index contributed by atoms with van der Waals surface area (Å²) < 4.78 is 26.7. The highest BCUT2D eigenvalue weighted by Gasteiger charge is 2.25. The summed E-state index contributed by atoms with van der Waals surface area (Å²) >= 11 is 1.62. The molecule has 0 saturated carbocycles. The van der Waals surface area contributed by atoms with Crippen molar-refractivity contribution in [3.63, 3.8) is 0 Å². The van der Waals surface area contributed by atoms with Crippen LogP contribution in [-0.2, 0) is 10.0 Å². The lowest BCUT2D eigenvalue weighted by atomic mass is 10.2. The second kappa shape index (κ2) is 6.21. The minimum absolute atomic E-state index is 0.0646. The first-order valence-electron chi connectivity index (χ1n) is 6.49. The number of aromatic nitrogens is 1.